The molecule has 6 nitrogen and oxygen atoms in total. The third-order valence-corrected chi connectivity index (χ3v) is 2.28. The summed E-state index contributed by atoms with van der Waals surface area (Å²) in [5, 5.41) is 11.1. The van der Waals surface area contributed by atoms with Crippen molar-refractivity contribution in [2.45, 2.75) is 26.3 Å². The Labute approximate surface area is 111 Å². The predicted molar refractivity (Wildman–Crippen MR) is 68.5 cm³/mol. The number of hydrogen-bond acceptors (Lipinski definition) is 4. The van der Waals surface area contributed by atoms with Gasteiger partial charge in [0, 0.05) is 6.07 Å². The summed E-state index contributed by atoms with van der Waals surface area (Å²) < 4.78 is 10.3. The standard InChI is InChI=1S/C13H17NO5/c1-4-18-9-6-5-7-10(8-9)19-12(17)14-13(2,3)11(15)16/h5-8H,4H2,1-3H3,(H,14,17)(H,15,16). The third-order valence-electron chi connectivity index (χ3n) is 2.28. The highest BCUT2D eigenvalue weighted by molar-refractivity contribution is 5.84. The summed E-state index contributed by atoms with van der Waals surface area (Å²) in [5.74, 6) is -0.289. The molecular weight excluding hydrogens is 250 g/mol. The number of aliphatic carboxylic acids is 1. The maximum Gasteiger partial charge on any atom is 0.413 e. The second kappa shape index (κ2) is 6.08. The molecule has 2 N–H and O–H groups in total. The molecule has 0 aromatic heterocycles. The molecule has 104 valence electrons. The molecule has 0 spiro atoms. The number of carboxylic acids is 1. The summed E-state index contributed by atoms with van der Waals surface area (Å²) in [6.45, 7) is 5.08. The van der Waals surface area contributed by atoms with E-state index in [2.05, 4.69) is 5.32 Å². The minimum Gasteiger partial charge on any atom is -0.494 e. The first kappa shape index (κ1) is 14.8. The summed E-state index contributed by atoms with van der Waals surface area (Å²) in [6.07, 6.45) is -0.832. The summed E-state index contributed by atoms with van der Waals surface area (Å²) in [7, 11) is 0. The van der Waals surface area contributed by atoms with Crippen molar-refractivity contribution >= 4 is 12.1 Å². The summed E-state index contributed by atoms with van der Waals surface area (Å²) in [6, 6.07) is 6.54. The number of hydrogen-bond donors (Lipinski definition) is 2. The van der Waals surface area contributed by atoms with Gasteiger partial charge in [-0.3, -0.25) is 0 Å². The second-order valence-corrected chi connectivity index (χ2v) is 4.35. The average Bonchev–Trinajstić information content (AvgIpc) is 2.28. The molecular formula is C13H17NO5. The fraction of sp³-hybridized carbons (Fsp3) is 0.385. The van der Waals surface area contributed by atoms with Gasteiger partial charge in [-0.05, 0) is 32.9 Å². The SMILES string of the molecule is CCOc1cccc(OC(=O)NC(C)(C)C(=O)O)c1. The lowest BCUT2D eigenvalue weighted by Crippen LogP contribution is -2.50. The largest absolute Gasteiger partial charge is 0.494 e. The number of benzene rings is 1. The zero-order valence-electron chi connectivity index (χ0n) is 11.1. The highest BCUT2D eigenvalue weighted by atomic mass is 16.6. The van der Waals surface area contributed by atoms with Crippen LogP contribution in [0.2, 0.25) is 0 Å². The van der Waals surface area contributed by atoms with Gasteiger partial charge in [-0.2, -0.15) is 0 Å². The van der Waals surface area contributed by atoms with Gasteiger partial charge in [0.05, 0.1) is 6.61 Å². The van der Waals surface area contributed by atoms with E-state index in [1.54, 1.807) is 24.3 Å². The molecule has 0 aliphatic heterocycles. The maximum absolute atomic E-state index is 11.6. The second-order valence-electron chi connectivity index (χ2n) is 4.35. The Morgan fingerprint density at radius 2 is 1.95 bits per heavy atom. The number of rotatable bonds is 5. The average molecular weight is 267 g/mol. The van der Waals surface area contributed by atoms with Crippen molar-refractivity contribution in [1.82, 2.24) is 5.32 Å². The molecule has 0 radical (unpaired) electrons. The van der Waals surface area contributed by atoms with Crippen molar-refractivity contribution in [2.24, 2.45) is 0 Å². The van der Waals surface area contributed by atoms with Gasteiger partial charge >= 0.3 is 12.1 Å². The van der Waals surface area contributed by atoms with E-state index in [9.17, 15) is 9.59 Å². The minimum absolute atomic E-state index is 0.282. The third kappa shape index (κ3) is 4.50. The van der Waals surface area contributed by atoms with Gasteiger partial charge in [0.2, 0.25) is 0 Å². The Bertz CT molecular complexity index is 470. The highest BCUT2D eigenvalue weighted by Crippen LogP contribution is 2.19. The number of nitrogens with one attached hydrogen (secondary N) is 1. The van der Waals surface area contributed by atoms with Crippen LogP contribution >= 0.6 is 0 Å². The van der Waals surface area contributed by atoms with E-state index in [1.165, 1.54) is 13.8 Å². The van der Waals surface area contributed by atoms with Crippen LogP contribution in [0.15, 0.2) is 24.3 Å². The molecule has 19 heavy (non-hydrogen) atoms. The van der Waals surface area contributed by atoms with Crippen LogP contribution in [0.25, 0.3) is 0 Å². The Kier molecular flexibility index (Phi) is 4.74. The number of amides is 1. The lowest BCUT2D eigenvalue weighted by atomic mass is 10.1. The van der Waals surface area contributed by atoms with Crippen LogP contribution in [0.1, 0.15) is 20.8 Å². The molecule has 6 heteroatoms. The van der Waals surface area contributed by atoms with Gasteiger partial charge in [0.25, 0.3) is 0 Å². The van der Waals surface area contributed by atoms with Crippen molar-refractivity contribution in [3.8, 4) is 11.5 Å². The quantitative estimate of drug-likeness (QED) is 0.852. The smallest absolute Gasteiger partial charge is 0.413 e. The topological polar surface area (TPSA) is 84.9 Å². The Balaban J connectivity index is 2.67. The molecule has 1 amide bonds. The summed E-state index contributed by atoms with van der Waals surface area (Å²) in [5.41, 5.74) is -1.39. The first-order valence-electron chi connectivity index (χ1n) is 5.81. The van der Waals surface area contributed by atoms with Gasteiger partial charge in [-0.15, -0.1) is 0 Å². The monoisotopic (exact) mass is 267 g/mol. The Hall–Kier alpha value is -2.24. The predicted octanol–water partition coefficient (Wildman–Crippen LogP) is 2.04. The molecule has 0 aliphatic carbocycles. The van der Waals surface area contributed by atoms with Crippen molar-refractivity contribution in [3.05, 3.63) is 24.3 Å². The molecule has 0 aliphatic rings. The molecule has 1 aromatic rings. The van der Waals surface area contributed by atoms with Gasteiger partial charge < -0.3 is 19.9 Å². The maximum atomic E-state index is 11.6. The van der Waals surface area contributed by atoms with E-state index < -0.39 is 17.6 Å². The van der Waals surface area contributed by atoms with Crippen molar-refractivity contribution < 1.29 is 24.2 Å². The van der Waals surface area contributed by atoms with Crippen LogP contribution in [0.5, 0.6) is 11.5 Å². The molecule has 1 aromatic carbocycles. The van der Waals surface area contributed by atoms with Crippen molar-refractivity contribution in [1.29, 1.82) is 0 Å². The van der Waals surface area contributed by atoms with Crippen LogP contribution in [0.4, 0.5) is 4.79 Å². The fourth-order valence-corrected chi connectivity index (χ4v) is 1.24. The van der Waals surface area contributed by atoms with E-state index in [1.807, 2.05) is 6.92 Å². The summed E-state index contributed by atoms with van der Waals surface area (Å²) in [4.78, 5) is 22.4. The van der Waals surface area contributed by atoms with Gasteiger partial charge in [0.1, 0.15) is 17.0 Å². The van der Waals surface area contributed by atoms with E-state index in [0.717, 1.165) is 0 Å². The molecule has 0 saturated heterocycles. The number of carboxylic acid groups (broad SMARTS) is 1. The van der Waals surface area contributed by atoms with Crippen LogP contribution in [-0.4, -0.2) is 29.3 Å². The van der Waals surface area contributed by atoms with Crippen LogP contribution in [0, 0.1) is 0 Å². The zero-order valence-corrected chi connectivity index (χ0v) is 11.1. The first-order chi connectivity index (χ1) is 8.85. The Morgan fingerprint density at radius 3 is 2.53 bits per heavy atom. The number of carbonyl (C=O) groups excluding carboxylic acids is 1. The molecule has 1 rings (SSSR count). The molecule has 0 heterocycles. The summed E-state index contributed by atoms with van der Waals surface area (Å²) >= 11 is 0. The van der Waals surface area contributed by atoms with Gasteiger partial charge in [-0.25, -0.2) is 9.59 Å². The molecule has 0 bridgehead atoms. The van der Waals surface area contributed by atoms with Gasteiger partial charge in [-0.1, -0.05) is 6.07 Å². The molecule has 0 fully saturated rings. The fourth-order valence-electron chi connectivity index (χ4n) is 1.24. The lowest BCUT2D eigenvalue weighted by Gasteiger charge is -2.20. The lowest BCUT2D eigenvalue weighted by molar-refractivity contribution is -0.143. The van der Waals surface area contributed by atoms with E-state index >= 15 is 0 Å². The van der Waals surface area contributed by atoms with Crippen molar-refractivity contribution in [3.63, 3.8) is 0 Å². The molecule has 0 unspecified atom stereocenters. The van der Waals surface area contributed by atoms with E-state index in [-0.39, 0.29) is 5.75 Å². The Morgan fingerprint density at radius 1 is 1.32 bits per heavy atom. The van der Waals surface area contributed by atoms with E-state index in [4.69, 9.17) is 14.6 Å². The van der Waals surface area contributed by atoms with Crippen molar-refractivity contribution in [2.75, 3.05) is 6.61 Å². The molecule has 0 saturated carbocycles. The highest BCUT2D eigenvalue weighted by Gasteiger charge is 2.29. The first-order valence-corrected chi connectivity index (χ1v) is 5.81. The van der Waals surface area contributed by atoms with Crippen LogP contribution in [-0.2, 0) is 4.79 Å². The number of ether oxygens (including phenoxy) is 2. The van der Waals surface area contributed by atoms with Crippen LogP contribution in [0.3, 0.4) is 0 Å². The zero-order chi connectivity index (χ0) is 14.5. The van der Waals surface area contributed by atoms with Crippen LogP contribution < -0.4 is 14.8 Å². The number of carbonyl (C=O) groups is 2. The molecule has 0 atom stereocenters. The normalized spacial score (nSPS) is 10.7. The van der Waals surface area contributed by atoms with Gasteiger partial charge in [0.15, 0.2) is 0 Å². The van der Waals surface area contributed by atoms with E-state index in [0.29, 0.717) is 12.4 Å². The minimum atomic E-state index is -1.39.